The minimum atomic E-state index is -4.36. The number of benzene rings is 1. The Balaban J connectivity index is 1.48. The Morgan fingerprint density at radius 1 is 1.14 bits per heavy atom. The fourth-order valence-corrected chi connectivity index (χ4v) is 4.20. The number of fused-ring (bicyclic) bond motifs is 1. The van der Waals surface area contributed by atoms with Crippen molar-refractivity contribution < 1.29 is 13.2 Å². The average molecular weight is 481 g/mol. The van der Waals surface area contributed by atoms with Gasteiger partial charge in [-0.1, -0.05) is 12.0 Å². The minimum Gasteiger partial charge on any atom is -0.373 e. The highest BCUT2D eigenvalue weighted by Crippen LogP contribution is 2.26. The maximum absolute atomic E-state index is 13.3. The van der Waals surface area contributed by atoms with Crippen LogP contribution >= 0.6 is 0 Å². The second-order valence-corrected chi connectivity index (χ2v) is 8.78. The number of nitriles is 1. The van der Waals surface area contributed by atoms with Crippen LogP contribution in [0, 0.1) is 23.2 Å². The summed E-state index contributed by atoms with van der Waals surface area (Å²) in [5, 5.41) is 16.2. The van der Waals surface area contributed by atoms with Crippen LogP contribution in [0.15, 0.2) is 42.6 Å². The third-order valence-electron chi connectivity index (χ3n) is 6.09. The number of anilines is 1. The van der Waals surface area contributed by atoms with Gasteiger partial charge in [-0.3, -0.25) is 0 Å². The number of alkyl halides is 3. The molecule has 0 aliphatic carbocycles. The number of nitrogens with zero attached hydrogens (tertiary/aromatic N) is 4. The summed E-state index contributed by atoms with van der Waals surface area (Å²) in [7, 11) is 2.12. The highest BCUT2D eigenvalue weighted by molar-refractivity contribution is 5.83. The molecule has 0 bridgehead atoms. The van der Waals surface area contributed by atoms with Gasteiger partial charge in [0.1, 0.15) is 18.3 Å². The smallest absolute Gasteiger partial charge is 0.373 e. The number of piperidine rings is 1. The van der Waals surface area contributed by atoms with Crippen LogP contribution in [0.5, 0.6) is 0 Å². The Labute approximate surface area is 202 Å². The first-order chi connectivity index (χ1) is 16.8. The van der Waals surface area contributed by atoms with E-state index >= 15 is 0 Å². The summed E-state index contributed by atoms with van der Waals surface area (Å²) in [5.41, 5.74) is 2.85. The molecule has 0 saturated carbocycles. The molecule has 0 unspecified atom stereocenters. The van der Waals surface area contributed by atoms with E-state index in [0.29, 0.717) is 35.2 Å². The van der Waals surface area contributed by atoms with Crippen molar-refractivity contribution in [3.05, 3.63) is 59.5 Å². The van der Waals surface area contributed by atoms with Crippen LogP contribution in [-0.4, -0.2) is 53.4 Å². The van der Waals surface area contributed by atoms with Gasteiger partial charge in [0.25, 0.3) is 0 Å². The second-order valence-electron chi connectivity index (χ2n) is 8.78. The van der Waals surface area contributed by atoms with E-state index in [1.165, 1.54) is 10.8 Å². The largest absolute Gasteiger partial charge is 0.406 e. The van der Waals surface area contributed by atoms with Crippen LogP contribution in [-0.2, 0) is 13.1 Å². The summed E-state index contributed by atoms with van der Waals surface area (Å²) in [4.78, 5) is 6.28. The second kappa shape index (κ2) is 10.8. The van der Waals surface area contributed by atoms with E-state index < -0.39 is 12.7 Å². The van der Waals surface area contributed by atoms with Crippen LogP contribution in [0.25, 0.3) is 10.9 Å². The lowest BCUT2D eigenvalue weighted by Crippen LogP contribution is -2.40. The Morgan fingerprint density at radius 3 is 2.63 bits per heavy atom. The Kier molecular flexibility index (Phi) is 7.60. The van der Waals surface area contributed by atoms with Crippen molar-refractivity contribution in [2.45, 2.75) is 38.1 Å². The third kappa shape index (κ3) is 6.75. The Hall–Kier alpha value is -3.53. The summed E-state index contributed by atoms with van der Waals surface area (Å²) in [6.45, 7) is 1.94. The molecule has 3 heterocycles. The first kappa shape index (κ1) is 24.6. The van der Waals surface area contributed by atoms with Crippen molar-refractivity contribution in [3.63, 3.8) is 0 Å². The number of nitrogens with one attached hydrogen (secondary N) is 2. The zero-order valence-corrected chi connectivity index (χ0v) is 19.5. The summed E-state index contributed by atoms with van der Waals surface area (Å²) in [5.74, 6) is 5.78. The van der Waals surface area contributed by atoms with Gasteiger partial charge < -0.3 is 20.1 Å². The molecule has 1 saturated heterocycles. The number of rotatable bonds is 6. The molecule has 4 rings (SSSR count). The molecule has 3 aromatic rings. The normalized spacial score (nSPS) is 14.9. The van der Waals surface area contributed by atoms with Crippen molar-refractivity contribution in [2.24, 2.45) is 0 Å². The molecule has 1 aromatic carbocycles. The van der Waals surface area contributed by atoms with Crippen molar-refractivity contribution in [3.8, 4) is 17.9 Å². The molecule has 0 amide bonds. The van der Waals surface area contributed by atoms with E-state index in [1.807, 2.05) is 18.2 Å². The molecule has 0 spiro atoms. The van der Waals surface area contributed by atoms with Gasteiger partial charge in [0.2, 0.25) is 0 Å². The van der Waals surface area contributed by atoms with Gasteiger partial charge in [-0.15, -0.1) is 0 Å². The lowest BCUT2D eigenvalue weighted by molar-refractivity contribution is -0.140. The number of pyridine rings is 1. The molecule has 1 fully saturated rings. The summed E-state index contributed by atoms with van der Waals surface area (Å²) < 4.78 is 41.1. The Bertz CT molecular complexity index is 1250. The van der Waals surface area contributed by atoms with Gasteiger partial charge in [0.05, 0.1) is 24.1 Å². The lowest BCUT2D eigenvalue weighted by atomic mass is 10.0. The molecular weight excluding hydrogens is 453 g/mol. The molecule has 1 aliphatic rings. The number of aromatic nitrogens is 2. The maximum atomic E-state index is 13.3. The van der Waals surface area contributed by atoms with Crippen molar-refractivity contribution in [2.75, 3.05) is 32.0 Å². The van der Waals surface area contributed by atoms with Crippen molar-refractivity contribution in [1.29, 1.82) is 5.26 Å². The van der Waals surface area contributed by atoms with E-state index in [9.17, 15) is 13.2 Å². The lowest BCUT2D eigenvalue weighted by Gasteiger charge is -2.29. The quantitative estimate of drug-likeness (QED) is 0.520. The van der Waals surface area contributed by atoms with E-state index in [2.05, 4.69) is 39.4 Å². The molecule has 0 radical (unpaired) electrons. The number of halogens is 3. The SMILES string of the molecule is CN1CCC(NCc2ccc3c(c2)cc(C#CCNc2ccc(C#N)nc2)n3CC(F)(F)F)CC1. The third-order valence-corrected chi connectivity index (χ3v) is 6.09. The molecule has 9 heteroatoms. The van der Waals surface area contributed by atoms with Gasteiger partial charge in [0, 0.05) is 23.5 Å². The average Bonchev–Trinajstić information content (AvgIpc) is 3.16. The van der Waals surface area contributed by atoms with Crippen LogP contribution in [0.2, 0.25) is 0 Å². The fraction of sp³-hybridized carbons (Fsp3) is 0.385. The van der Waals surface area contributed by atoms with E-state index in [4.69, 9.17) is 5.26 Å². The topological polar surface area (TPSA) is 68.9 Å². The molecule has 2 aromatic heterocycles. The van der Waals surface area contributed by atoms with E-state index in [1.54, 1.807) is 24.3 Å². The van der Waals surface area contributed by atoms with E-state index in [0.717, 1.165) is 36.9 Å². The maximum Gasteiger partial charge on any atom is 0.406 e. The van der Waals surface area contributed by atoms with Gasteiger partial charge >= 0.3 is 6.18 Å². The Morgan fingerprint density at radius 2 is 1.94 bits per heavy atom. The molecule has 182 valence electrons. The number of likely N-dealkylation sites (tertiary alicyclic amines) is 1. The summed E-state index contributed by atoms with van der Waals surface area (Å²) in [6.07, 6.45) is -0.662. The fourth-order valence-electron chi connectivity index (χ4n) is 4.20. The van der Waals surface area contributed by atoms with Gasteiger partial charge in [-0.2, -0.15) is 18.4 Å². The van der Waals surface area contributed by atoms with Gasteiger partial charge in [-0.05, 0) is 74.8 Å². The van der Waals surface area contributed by atoms with Crippen molar-refractivity contribution >= 4 is 16.6 Å². The highest BCUT2D eigenvalue weighted by Gasteiger charge is 2.29. The first-order valence-corrected chi connectivity index (χ1v) is 11.5. The number of hydrogen-bond donors (Lipinski definition) is 2. The van der Waals surface area contributed by atoms with Crippen molar-refractivity contribution in [1.82, 2.24) is 19.8 Å². The molecule has 2 N–H and O–H groups in total. The van der Waals surface area contributed by atoms with E-state index in [-0.39, 0.29) is 6.54 Å². The first-order valence-electron chi connectivity index (χ1n) is 11.5. The predicted octanol–water partition coefficient (Wildman–Crippen LogP) is 4.12. The molecule has 0 atom stereocenters. The molecular formula is C26H27F3N6. The summed E-state index contributed by atoms with van der Waals surface area (Å²) in [6, 6.07) is 13.0. The minimum absolute atomic E-state index is 0.229. The van der Waals surface area contributed by atoms with Crippen LogP contribution in [0.3, 0.4) is 0 Å². The van der Waals surface area contributed by atoms with Crippen LogP contribution in [0.4, 0.5) is 18.9 Å². The molecule has 6 nitrogen and oxygen atoms in total. The summed E-state index contributed by atoms with van der Waals surface area (Å²) >= 11 is 0. The zero-order chi connectivity index (χ0) is 24.8. The van der Waals surface area contributed by atoms with Crippen LogP contribution < -0.4 is 10.6 Å². The number of hydrogen-bond acceptors (Lipinski definition) is 5. The zero-order valence-electron chi connectivity index (χ0n) is 19.5. The predicted molar refractivity (Wildman–Crippen MR) is 130 cm³/mol. The van der Waals surface area contributed by atoms with Gasteiger partial charge in [0.15, 0.2) is 0 Å². The monoisotopic (exact) mass is 480 g/mol. The highest BCUT2D eigenvalue weighted by atomic mass is 19.4. The van der Waals surface area contributed by atoms with Gasteiger partial charge in [-0.25, -0.2) is 4.98 Å². The molecule has 35 heavy (non-hydrogen) atoms. The standard InChI is InChI=1S/C26H27F3N6/c1-34-11-8-21(9-12-34)32-16-19-4-7-25-20(13-19)14-24(35(25)18-26(27,28)29)3-2-10-31-23-6-5-22(15-30)33-17-23/h4-7,13-14,17,21,31-32H,8-12,16,18H2,1H3. The van der Waals surface area contributed by atoms with Crippen LogP contribution in [0.1, 0.15) is 29.8 Å². The molecule has 1 aliphatic heterocycles.